The third kappa shape index (κ3) is 4.84. The highest BCUT2D eigenvalue weighted by Crippen LogP contribution is 2.23. The fourth-order valence-corrected chi connectivity index (χ4v) is 6.15. The normalized spacial score (nSPS) is 15.7. The maximum Gasteiger partial charge on any atom is 0.243 e. The van der Waals surface area contributed by atoms with Gasteiger partial charge < -0.3 is 9.42 Å². The van der Waals surface area contributed by atoms with Gasteiger partial charge in [0, 0.05) is 37.5 Å². The minimum absolute atomic E-state index is 0.0329. The number of aryl methyl sites for hydroxylation is 4. The molecule has 0 radical (unpaired) electrons. The second kappa shape index (κ2) is 8.89. The van der Waals surface area contributed by atoms with Crippen LogP contribution in [0.15, 0.2) is 27.6 Å². The predicted octanol–water partition coefficient (Wildman–Crippen LogP) is 2.67. The van der Waals surface area contributed by atoms with Crippen LogP contribution >= 0.6 is 11.8 Å². The van der Waals surface area contributed by atoms with E-state index in [4.69, 9.17) is 4.52 Å². The number of nitrogens with zero attached hydrogens (tertiary/aromatic N) is 3. The topological polar surface area (TPSA) is 83.7 Å². The SMILES string of the molecule is Cc1ccc(C)c(S(=O)(=O)N2CCN(C(=O)CSCc3c(C)noc3C)CC2)c1. The molecular formula is C20H27N3O4S2. The summed E-state index contributed by atoms with van der Waals surface area (Å²) in [7, 11) is -3.55. The molecule has 158 valence electrons. The number of amides is 1. The fraction of sp³-hybridized carbons (Fsp3) is 0.500. The summed E-state index contributed by atoms with van der Waals surface area (Å²) in [5.41, 5.74) is 3.54. The molecule has 0 atom stereocenters. The number of carbonyl (C=O) groups is 1. The van der Waals surface area contributed by atoms with Crippen molar-refractivity contribution < 1.29 is 17.7 Å². The van der Waals surface area contributed by atoms with Gasteiger partial charge in [-0.25, -0.2) is 8.42 Å². The first-order valence-electron chi connectivity index (χ1n) is 9.55. The van der Waals surface area contributed by atoms with Crippen molar-refractivity contribution in [2.45, 2.75) is 38.3 Å². The Kier molecular flexibility index (Phi) is 6.70. The van der Waals surface area contributed by atoms with E-state index in [1.54, 1.807) is 11.0 Å². The summed E-state index contributed by atoms with van der Waals surface area (Å²) in [6.45, 7) is 8.91. The van der Waals surface area contributed by atoms with Crippen LogP contribution in [0, 0.1) is 27.7 Å². The highest BCUT2D eigenvalue weighted by atomic mass is 32.2. The number of sulfonamides is 1. The number of benzene rings is 1. The smallest absolute Gasteiger partial charge is 0.243 e. The van der Waals surface area contributed by atoms with E-state index < -0.39 is 10.0 Å². The lowest BCUT2D eigenvalue weighted by atomic mass is 10.2. The third-order valence-corrected chi connectivity index (χ3v) is 8.19. The molecule has 1 amide bonds. The average molecular weight is 438 g/mol. The van der Waals surface area contributed by atoms with Crippen molar-refractivity contribution in [2.24, 2.45) is 0 Å². The molecule has 3 rings (SSSR count). The van der Waals surface area contributed by atoms with Crippen molar-refractivity contribution in [3.63, 3.8) is 0 Å². The van der Waals surface area contributed by atoms with Gasteiger partial charge in [0.25, 0.3) is 0 Å². The lowest BCUT2D eigenvalue weighted by Crippen LogP contribution is -2.51. The van der Waals surface area contributed by atoms with Crippen LogP contribution < -0.4 is 0 Å². The molecule has 0 N–H and O–H groups in total. The van der Waals surface area contributed by atoms with E-state index in [2.05, 4.69) is 5.16 Å². The Morgan fingerprint density at radius 3 is 2.45 bits per heavy atom. The zero-order valence-corrected chi connectivity index (χ0v) is 18.9. The van der Waals surface area contributed by atoms with Crippen molar-refractivity contribution in [1.82, 2.24) is 14.4 Å². The van der Waals surface area contributed by atoms with Gasteiger partial charge in [0.1, 0.15) is 5.76 Å². The van der Waals surface area contributed by atoms with E-state index in [-0.39, 0.29) is 5.91 Å². The Morgan fingerprint density at radius 1 is 1.14 bits per heavy atom. The van der Waals surface area contributed by atoms with Crippen LogP contribution in [-0.4, -0.2) is 60.6 Å². The molecule has 1 fully saturated rings. The summed E-state index contributed by atoms with van der Waals surface area (Å²) in [4.78, 5) is 14.6. The second-order valence-electron chi connectivity index (χ2n) is 7.35. The minimum atomic E-state index is -3.55. The quantitative estimate of drug-likeness (QED) is 0.691. The molecule has 1 aromatic heterocycles. The predicted molar refractivity (Wildman–Crippen MR) is 113 cm³/mol. The molecule has 7 nitrogen and oxygen atoms in total. The number of aromatic nitrogens is 1. The van der Waals surface area contributed by atoms with E-state index in [9.17, 15) is 13.2 Å². The first-order chi connectivity index (χ1) is 13.7. The van der Waals surface area contributed by atoms with Crippen LogP contribution in [0.2, 0.25) is 0 Å². The molecule has 0 unspecified atom stereocenters. The van der Waals surface area contributed by atoms with Crippen molar-refractivity contribution >= 4 is 27.7 Å². The molecule has 2 heterocycles. The molecule has 29 heavy (non-hydrogen) atoms. The largest absolute Gasteiger partial charge is 0.361 e. The van der Waals surface area contributed by atoms with Gasteiger partial charge >= 0.3 is 0 Å². The first kappa shape index (κ1) is 21.9. The summed E-state index contributed by atoms with van der Waals surface area (Å²) in [5.74, 6) is 1.85. The van der Waals surface area contributed by atoms with Gasteiger partial charge in [0.05, 0.1) is 16.3 Å². The van der Waals surface area contributed by atoms with Crippen LogP contribution in [0.25, 0.3) is 0 Å². The third-order valence-electron chi connectivity index (χ3n) is 5.21. The van der Waals surface area contributed by atoms with Gasteiger partial charge in [0.2, 0.25) is 15.9 Å². The van der Waals surface area contributed by atoms with Gasteiger partial charge in [-0.3, -0.25) is 4.79 Å². The monoisotopic (exact) mass is 437 g/mol. The van der Waals surface area contributed by atoms with Crippen molar-refractivity contribution in [1.29, 1.82) is 0 Å². The van der Waals surface area contributed by atoms with Crippen LogP contribution in [0.5, 0.6) is 0 Å². The van der Waals surface area contributed by atoms with Crippen molar-refractivity contribution in [2.75, 3.05) is 31.9 Å². The molecule has 1 aromatic carbocycles. The molecule has 0 aliphatic carbocycles. The maximum atomic E-state index is 13.0. The Bertz CT molecular complexity index is 974. The zero-order chi connectivity index (χ0) is 21.2. The number of rotatable bonds is 6. The highest BCUT2D eigenvalue weighted by Gasteiger charge is 2.31. The van der Waals surface area contributed by atoms with E-state index in [0.29, 0.717) is 42.6 Å². The van der Waals surface area contributed by atoms with Gasteiger partial charge in [-0.1, -0.05) is 17.3 Å². The minimum Gasteiger partial charge on any atom is -0.361 e. The molecule has 0 bridgehead atoms. The van der Waals surface area contributed by atoms with E-state index in [0.717, 1.165) is 28.1 Å². The number of hydrogen-bond donors (Lipinski definition) is 0. The summed E-state index contributed by atoms with van der Waals surface area (Å²) >= 11 is 1.52. The Balaban J connectivity index is 1.54. The van der Waals surface area contributed by atoms with Crippen LogP contribution in [-0.2, 0) is 20.6 Å². The first-order valence-corrected chi connectivity index (χ1v) is 12.1. The van der Waals surface area contributed by atoms with Crippen LogP contribution in [0.3, 0.4) is 0 Å². The fourth-order valence-electron chi connectivity index (χ4n) is 3.34. The molecule has 2 aromatic rings. The number of thioether (sulfide) groups is 1. The molecule has 1 saturated heterocycles. The standard InChI is InChI=1S/C20H27N3O4S2/c1-14-5-6-15(2)19(11-14)29(25,26)23-9-7-22(8-10-23)20(24)13-28-12-18-16(3)21-27-17(18)4/h5-6,11H,7-10,12-13H2,1-4H3. The van der Waals surface area contributed by atoms with Gasteiger partial charge in [-0.2, -0.15) is 4.31 Å². The zero-order valence-electron chi connectivity index (χ0n) is 17.3. The average Bonchev–Trinajstić information content (AvgIpc) is 3.01. The lowest BCUT2D eigenvalue weighted by Gasteiger charge is -2.34. The molecule has 0 saturated carbocycles. The number of piperazine rings is 1. The maximum absolute atomic E-state index is 13.0. The van der Waals surface area contributed by atoms with Crippen LogP contribution in [0.1, 0.15) is 28.1 Å². The van der Waals surface area contributed by atoms with Crippen LogP contribution in [0.4, 0.5) is 0 Å². The van der Waals surface area contributed by atoms with E-state index in [1.165, 1.54) is 16.1 Å². The summed E-state index contributed by atoms with van der Waals surface area (Å²) in [5, 5.41) is 3.93. The molecule has 1 aliphatic heterocycles. The van der Waals surface area contributed by atoms with Crippen molar-refractivity contribution in [3.8, 4) is 0 Å². The lowest BCUT2D eigenvalue weighted by molar-refractivity contribution is -0.129. The highest BCUT2D eigenvalue weighted by molar-refractivity contribution is 7.99. The van der Waals surface area contributed by atoms with Gasteiger partial charge in [-0.15, -0.1) is 11.8 Å². The molecular weight excluding hydrogens is 410 g/mol. The van der Waals surface area contributed by atoms with Gasteiger partial charge in [-0.05, 0) is 44.9 Å². The van der Waals surface area contributed by atoms with Crippen molar-refractivity contribution in [3.05, 3.63) is 46.3 Å². The summed E-state index contributed by atoms with van der Waals surface area (Å²) < 4.78 is 32.6. The Morgan fingerprint density at radius 2 is 1.83 bits per heavy atom. The summed E-state index contributed by atoms with van der Waals surface area (Å²) in [6.07, 6.45) is 0. The van der Waals surface area contributed by atoms with Gasteiger partial charge in [0.15, 0.2) is 0 Å². The molecule has 0 spiro atoms. The number of carbonyl (C=O) groups excluding carboxylic acids is 1. The molecule has 1 aliphatic rings. The Labute approximate surface area is 176 Å². The van der Waals surface area contributed by atoms with E-state index >= 15 is 0 Å². The molecule has 9 heteroatoms. The van der Waals surface area contributed by atoms with E-state index in [1.807, 2.05) is 39.8 Å². The Hall–Kier alpha value is -1.84. The second-order valence-corrected chi connectivity index (χ2v) is 10.2. The summed E-state index contributed by atoms with van der Waals surface area (Å²) in [6, 6.07) is 5.46. The number of hydrogen-bond acceptors (Lipinski definition) is 6.